The number of fused-ring (bicyclic) bond motifs is 1. The smallest absolute Gasteiger partial charge is 0.251 e. The Morgan fingerprint density at radius 2 is 1.72 bits per heavy atom. The Labute approximate surface area is 168 Å². The molecule has 0 spiro atoms. The van der Waals surface area contributed by atoms with E-state index in [2.05, 4.69) is 28.8 Å². The van der Waals surface area contributed by atoms with Gasteiger partial charge in [-0.25, -0.2) is 4.90 Å². The van der Waals surface area contributed by atoms with Crippen LogP contribution in [0, 0.1) is 0 Å². The number of benzene rings is 3. The van der Waals surface area contributed by atoms with Gasteiger partial charge in [0.2, 0.25) is 11.8 Å². The van der Waals surface area contributed by atoms with Crippen molar-refractivity contribution >= 4 is 39.9 Å². The molecular formula is C23H21N3O3. The van der Waals surface area contributed by atoms with Crippen molar-refractivity contribution in [1.82, 2.24) is 5.32 Å². The summed E-state index contributed by atoms with van der Waals surface area (Å²) in [7, 11) is 0. The third-order valence-corrected chi connectivity index (χ3v) is 5.01. The molecule has 1 heterocycles. The molecule has 1 aliphatic heterocycles. The summed E-state index contributed by atoms with van der Waals surface area (Å²) >= 11 is 0. The van der Waals surface area contributed by atoms with Gasteiger partial charge >= 0.3 is 0 Å². The quantitative estimate of drug-likeness (QED) is 0.659. The molecule has 0 unspecified atom stereocenters. The number of hydrogen-bond donors (Lipinski definition) is 2. The van der Waals surface area contributed by atoms with Gasteiger partial charge < -0.3 is 10.6 Å². The fourth-order valence-corrected chi connectivity index (χ4v) is 3.64. The van der Waals surface area contributed by atoms with Crippen LogP contribution in [0.25, 0.3) is 10.8 Å². The first-order valence-electron chi connectivity index (χ1n) is 9.47. The van der Waals surface area contributed by atoms with E-state index in [1.54, 1.807) is 24.3 Å². The van der Waals surface area contributed by atoms with Gasteiger partial charge in [0.1, 0.15) is 0 Å². The van der Waals surface area contributed by atoms with Crippen molar-refractivity contribution in [2.24, 2.45) is 0 Å². The topological polar surface area (TPSA) is 78.5 Å². The fourth-order valence-electron chi connectivity index (χ4n) is 3.64. The molecule has 1 aliphatic rings. The molecule has 0 aromatic heterocycles. The lowest BCUT2D eigenvalue weighted by molar-refractivity contribution is -0.121. The number of carbonyl (C=O) groups excluding carboxylic acids is 3. The van der Waals surface area contributed by atoms with E-state index in [-0.39, 0.29) is 24.1 Å². The van der Waals surface area contributed by atoms with Crippen LogP contribution in [0.4, 0.5) is 11.4 Å². The van der Waals surface area contributed by atoms with E-state index in [1.165, 1.54) is 11.8 Å². The number of nitrogens with one attached hydrogen (secondary N) is 2. The number of imide groups is 1. The zero-order valence-electron chi connectivity index (χ0n) is 16.0. The second kappa shape index (κ2) is 7.85. The Morgan fingerprint density at radius 3 is 2.48 bits per heavy atom. The Bertz CT molecular complexity index is 1090. The molecule has 1 fully saturated rings. The summed E-state index contributed by atoms with van der Waals surface area (Å²) in [4.78, 5) is 37.7. The lowest BCUT2D eigenvalue weighted by atomic mass is 10.0. The van der Waals surface area contributed by atoms with Crippen LogP contribution in [0.3, 0.4) is 0 Å². The van der Waals surface area contributed by atoms with Crippen molar-refractivity contribution in [3.63, 3.8) is 0 Å². The first-order valence-corrected chi connectivity index (χ1v) is 9.47. The van der Waals surface area contributed by atoms with Crippen LogP contribution in [0.15, 0.2) is 66.7 Å². The Morgan fingerprint density at radius 1 is 1.00 bits per heavy atom. The molecule has 4 rings (SSSR count). The van der Waals surface area contributed by atoms with E-state index >= 15 is 0 Å². The van der Waals surface area contributed by atoms with Crippen LogP contribution in [0.5, 0.6) is 0 Å². The number of amides is 3. The Hall–Kier alpha value is -3.51. The highest BCUT2D eigenvalue weighted by Gasteiger charge is 2.39. The van der Waals surface area contributed by atoms with Gasteiger partial charge in [0.25, 0.3) is 5.91 Å². The largest absolute Gasteiger partial charge is 0.326 e. The van der Waals surface area contributed by atoms with Crippen molar-refractivity contribution in [3.8, 4) is 0 Å². The third kappa shape index (κ3) is 3.88. The molecule has 29 heavy (non-hydrogen) atoms. The summed E-state index contributed by atoms with van der Waals surface area (Å²) < 4.78 is 0. The highest BCUT2D eigenvalue weighted by molar-refractivity contribution is 6.22. The van der Waals surface area contributed by atoms with Crippen LogP contribution in [-0.4, -0.2) is 23.8 Å². The number of nitrogens with zero attached hydrogens (tertiary/aromatic N) is 1. The monoisotopic (exact) mass is 387 g/mol. The van der Waals surface area contributed by atoms with Gasteiger partial charge in [0.05, 0.1) is 18.2 Å². The predicted molar refractivity (Wildman–Crippen MR) is 112 cm³/mol. The normalized spacial score (nSPS) is 16.4. The van der Waals surface area contributed by atoms with Crippen LogP contribution in [0.1, 0.15) is 18.9 Å². The SMILES string of the molecule is CC(=O)Nc1ccc(N2C(=O)C[C@@H](NCc3cccc4ccccc34)C2=O)cc1. The first-order chi connectivity index (χ1) is 14.0. The van der Waals surface area contributed by atoms with Gasteiger partial charge in [-0.3, -0.25) is 14.4 Å². The molecule has 6 heteroatoms. The summed E-state index contributed by atoms with van der Waals surface area (Å²) in [6, 6.07) is 20.3. The zero-order chi connectivity index (χ0) is 20.4. The minimum atomic E-state index is -0.559. The van der Waals surface area contributed by atoms with Gasteiger partial charge in [-0.1, -0.05) is 42.5 Å². The summed E-state index contributed by atoms with van der Waals surface area (Å²) in [5, 5.41) is 8.18. The molecule has 0 aliphatic carbocycles. The van der Waals surface area contributed by atoms with E-state index in [1.807, 2.05) is 24.3 Å². The number of anilines is 2. The summed E-state index contributed by atoms with van der Waals surface area (Å²) in [6.07, 6.45) is 0.122. The molecule has 3 aromatic rings. The van der Waals surface area contributed by atoms with Gasteiger partial charge in [0, 0.05) is 19.2 Å². The van der Waals surface area contributed by atoms with Crippen molar-refractivity contribution in [2.75, 3.05) is 10.2 Å². The standard InChI is InChI=1S/C23H21N3O3/c1-15(27)25-18-9-11-19(12-10-18)26-22(28)13-21(23(26)29)24-14-17-7-4-6-16-5-2-3-8-20(16)17/h2-12,21,24H,13-14H2,1H3,(H,25,27)/t21-/m1/s1. The van der Waals surface area contributed by atoms with E-state index in [9.17, 15) is 14.4 Å². The van der Waals surface area contributed by atoms with E-state index in [4.69, 9.17) is 0 Å². The maximum absolute atomic E-state index is 12.8. The van der Waals surface area contributed by atoms with Crippen molar-refractivity contribution in [3.05, 3.63) is 72.3 Å². The molecular weight excluding hydrogens is 366 g/mol. The molecule has 1 atom stereocenters. The summed E-state index contributed by atoms with van der Waals surface area (Å²) in [6.45, 7) is 1.92. The maximum Gasteiger partial charge on any atom is 0.251 e. The lowest BCUT2D eigenvalue weighted by Gasteiger charge is -2.16. The van der Waals surface area contributed by atoms with E-state index < -0.39 is 6.04 Å². The Balaban J connectivity index is 1.47. The number of carbonyl (C=O) groups is 3. The second-order valence-corrected chi connectivity index (χ2v) is 7.07. The van der Waals surface area contributed by atoms with Crippen molar-refractivity contribution in [2.45, 2.75) is 25.9 Å². The molecule has 0 radical (unpaired) electrons. The summed E-state index contributed by atoms with van der Waals surface area (Å²) in [5.74, 6) is -0.677. The van der Waals surface area contributed by atoms with Crippen LogP contribution < -0.4 is 15.5 Å². The van der Waals surface area contributed by atoms with Gasteiger partial charge in [-0.15, -0.1) is 0 Å². The first kappa shape index (κ1) is 18.8. The van der Waals surface area contributed by atoms with Gasteiger partial charge in [-0.05, 0) is 40.6 Å². The molecule has 0 bridgehead atoms. The van der Waals surface area contributed by atoms with Gasteiger partial charge in [0.15, 0.2) is 0 Å². The highest BCUT2D eigenvalue weighted by atomic mass is 16.2. The molecule has 0 saturated carbocycles. The summed E-state index contributed by atoms with van der Waals surface area (Å²) in [5.41, 5.74) is 2.20. The lowest BCUT2D eigenvalue weighted by Crippen LogP contribution is -2.38. The highest BCUT2D eigenvalue weighted by Crippen LogP contribution is 2.25. The fraction of sp³-hybridized carbons (Fsp3) is 0.174. The molecule has 146 valence electrons. The Kier molecular flexibility index (Phi) is 5.10. The average molecular weight is 387 g/mol. The molecule has 3 aromatic carbocycles. The molecule has 6 nitrogen and oxygen atoms in total. The molecule has 1 saturated heterocycles. The van der Waals surface area contributed by atoms with E-state index in [0.717, 1.165) is 16.3 Å². The average Bonchev–Trinajstić information content (AvgIpc) is 3.00. The van der Waals surface area contributed by atoms with Crippen LogP contribution >= 0.6 is 0 Å². The van der Waals surface area contributed by atoms with Crippen LogP contribution in [0.2, 0.25) is 0 Å². The van der Waals surface area contributed by atoms with Crippen LogP contribution in [-0.2, 0) is 20.9 Å². The maximum atomic E-state index is 12.8. The third-order valence-electron chi connectivity index (χ3n) is 5.01. The zero-order valence-corrected chi connectivity index (χ0v) is 16.0. The minimum Gasteiger partial charge on any atom is -0.326 e. The minimum absolute atomic E-state index is 0.122. The molecule has 2 N–H and O–H groups in total. The van der Waals surface area contributed by atoms with E-state index in [0.29, 0.717) is 17.9 Å². The number of hydrogen-bond acceptors (Lipinski definition) is 4. The van der Waals surface area contributed by atoms with Gasteiger partial charge in [-0.2, -0.15) is 0 Å². The predicted octanol–water partition coefficient (Wildman–Crippen LogP) is 3.22. The van der Waals surface area contributed by atoms with Crippen molar-refractivity contribution < 1.29 is 14.4 Å². The number of rotatable bonds is 5. The second-order valence-electron chi connectivity index (χ2n) is 7.07. The molecule has 3 amide bonds. The van der Waals surface area contributed by atoms with Crippen molar-refractivity contribution in [1.29, 1.82) is 0 Å².